The number of carbonyl (C=O) groups is 7. The van der Waals surface area contributed by atoms with Gasteiger partial charge in [-0.2, -0.15) is 0 Å². The van der Waals surface area contributed by atoms with Crippen LogP contribution >= 0.6 is 11.8 Å². The summed E-state index contributed by atoms with van der Waals surface area (Å²) in [5.74, 6) is -4.35. The van der Waals surface area contributed by atoms with Crippen molar-refractivity contribution in [2.24, 2.45) is 16.5 Å². The number of carboxylic acid groups (broad SMARTS) is 1. The lowest BCUT2D eigenvalue weighted by atomic mass is 10.1. The van der Waals surface area contributed by atoms with E-state index >= 15 is 0 Å². The molecule has 68 heavy (non-hydrogen) atoms. The Morgan fingerprint density at radius 2 is 1.50 bits per heavy atom. The highest BCUT2D eigenvalue weighted by molar-refractivity contribution is 8.00. The minimum atomic E-state index is -1.10. The predicted molar refractivity (Wildman–Crippen MR) is 265 cm³/mol. The fourth-order valence-electron chi connectivity index (χ4n) is 6.13. The molecule has 0 bridgehead atoms. The molecule has 0 saturated carbocycles. The Labute approximate surface area is 402 Å². The summed E-state index contributed by atoms with van der Waals surface area (Å²) in [6.07, 6.45) is 10.3. The molecule has 1 aliphatic rings. The number of guanidine groups is 1. The standard InChI is InChI=1S/C30H44N6O8S.C9H9N.C4H11N3.C4H6N2/c1-2-3-5-13-24(37)36-22-19-45-23(30(43)44)12-8-9-14-31-25(38)16-32-26(39)17-33-28(41)21(15-20-10-6-4-7-11-20)35-27(40)18-34-29(22)42;1-7-6-10-9-5-3-2-4-8(7)9;1-2-3-7-4(5)6;1-4-2-5-3-6-4/h4,6-7,10-11,21-23H,2-3,5,8-9,12-19H2,1H3,(H,31,38)(H,32,39)(H,33,41)(H,34,42)(H,35,40)(H,36,37)(H,43,44);2-6,10H,1H3;2-3H2,1H3,(H4,5,6,7);2-3H,1H3,(H,5,6). The fourth-order valence-corrected chi connectivity index (χ4v) is 7.27. The summed E-state index contributed by atoms with van der Waals surface area (Å²) in [4.78, 5) is 101. The van der Waals surface area contributed by atoms with Gasteiger partial charge in [-0.25, -0.2) is 4.98 Å². The molecule has 21 heteroatoms. The van der Waals surface area contributed by atoms with Gasteiger partial charge in [0.25, 0.3) is 0 Å². The highest BCUT2D eigenvalue weighted by Crippen LogP contribution is 2.19. The lowest BCUT2D eigenvalue weighted by Crippen LogP contribution is -2.54. The molecule has 20 nitrogen and oxygen atoms in total. The van der Waals surface area contributed by atoms with Crippen molar-refractivity contribution in [1.29, 1.82) is 0 Å². The SMILES string of the molecule is CCCCCC(=O)NC1CSC(C(=O)O)CCCCNC(=O)CNC(=O)CNC(=O)C(Cc2ccccc2)NC(=O)CNC1=O.CCCN=C(N)N.Cc1c[nH]c2ccccc12.Cc1cnc[nH]1. The van der Waals surface area contributed by atoms with Crippen LogP contribution in [0.1, 0.15) is 82.0 Å². The summed E-state index contributed by atoms with van der Waals surface area (Å²) in [6.45, 7) is 7.84. The van der Waals surface area contributed by atoms with Crippen molar-refractivity contribution in [3.05, 3.63) is 90.1 Å². The molecule has 3 atom stereocenters. The van der Waals surface area contributed by atoms with Crippen LogP contribution in [0.15, 0.2) is 78.3 Å². The molecule has 13 N–H and O–H groups in total. The van der Waals surface area contributed by atoms with Crippen molar-refractivity contribution in [2.45, 2.75) is 103 Å². The monoisotopic (exact) mass is 963 g/mol. The smallest absolute Gasteiger partial charge is 0.316 e. The summed E-state index contributed by atoms with van der Waals surface area (Å²) in [7, 11) is 0. The number of aliphatic carboxylic acids is 1. The number of nitrogens with one attached hydrogen (secondary N) is 8. The van der Waals surface area contributed by atoms with Gasteiger partial charge in [0.2, 0.25) is 35.4 Å². The minimum Gasteiger partial charge on any atom is -0.480 e. The summed E-state index contributed by atoms with van der Waals surface area (Å²) in [5, 5.41) is 25.4. The van der Waals surface area contributed by atoms with Crippen LogP contribution in [0.5, 0.6) is 0 Å². The van der Waals surface area contributed by atoms with Crippen molar-refractivity contribution in [3.8, 4) is 0 Å². The van der Waals surface area contributed by atoms with E-state index in [0.29, 0.717) is 19.3 Å². The third-order valence-electron chi connectivity index (χ3n) is 9.79. The number of aryl methyl sites for hydroxylation is 2. The van der Waals surface area contributed by atoms with Crippen LogP contribution in [-0.4, -0.2) is 123 Å². The van der Waals surface area contributed by atoms with Crippen molar-refractivity contribution < 1.29 is 38.7 Å². The van der Waals surface area contributed by atoms with E-state index in [0.717, 1.165) is 48.8 Å². The van der Waals surface area contributed by atoms with Crippen LogP contribution in [0.25, 0.3) is 10.9 Å². The van der Waals surface area contributed by atoms with Gasteiger partial charge in [0.1, 0.15) is 17.3 Å². The Kier molecular flexibility index (Phi) is 28.2. The van der Waals surface area contributed by atoms with Crippen LogP contribution in [0, 0.1) is 13.8 Å². The molecule has 372 valence electrons. The summed E-state index contributed by atoms with van der Waals surface area (Å²) < 4.78 is 0. The Morgan fingerprint density at radius 1 is 0.824 bits per heavy atom. The van der Waals surface area contributed by atoms with Gasteiger partial charge in [-0.05, 0) is 56.7 Å². The number of rotatable bonds is 10. The zero-order valence-corrected chi connectivity index (χ0v) is 40.3. The normalized spacial score (nSPS) is 17.6. The van der Waals surface area contributed by atoms with E-state index in [4.69, 9.17) is 11.5 Å². The molecular formula is C47H70N12O8S. The summed E-state index contributed by atoms with van der Waals surface area (Å²) >= 11 is 1.01. The molecule has 3 heterocycles. The van der Waals surface area contributed by atoms with Crippen LogP contribution in [0.2, 0.25) is 0 Å². The van der Waals surface area contributed by atoms with Gasteiger partial charge in [0.05, 0.1) is 26.0 Å². The number of fused-ring (bicyclic) bond motifs is 1. The van der Waals surface area contributed by atoms with E-state index in [-0.39, 0.29) is 50.0 Å². The maximum absolute atomic E-state index is 13.1. The molecule has 1 saturated heterocycles. The molecule has 6 amide bonds. The van der Waals surface area contributed by atoms with Gasteiger partial charge in [-0.1, -0.05) is 81.6 Å². The highest BCUT2D eigenvalue weighted by Gasteiger charge is 2.27. The Balaban J connectivity index is 0.000000549. The number of aromatic amines is 2. The molecule has 2 aromatic carbocycles. The number of carbonyl (C=O) groups excluding carboxylic acids is 6. The van der Waals surface area contributed by atoms with Crippen LogP contribution < -0.4 is 43.4 Å². The minimum absolute atomic E-state index is 0.0423. The number of aliphatic imine (C=N–C) groups is 1. The van der Waals surface area contributed by atoms with Gasteiger partial charge in [0.15, 0.2) is 5.96 Å². The lowest BCUT2D eigenvalue weighted by molar-refractivity contribution is -0.136. The molecule has 2 aromatic heterocycles. The van der Waals surface area contributed by atoms with Gasteiger partial charge >= 0.3 is 5.97 Å². The van der Waals surface area contributed by atoms with Gasteiger partial charge in [0, 0.05) is 60.7 Å². The van der Waals surface area contributed by atoms with Gasteiger partial charge < -0.3 is 58.4 Å². The maximum Gasteiger partial charge on any atom is 0.316 e. The number of hydrogen-bond acceptors (Lipinski definition) is 10. The number of unbranched alkanes of at least 4 members (excludes halogenated alkanes) is 2. The van der Waals surface area contributed by atoms with Crippen LogP contribution in [0.4, 0.5) is 0 Å². The fraction of sp³-hybridized carbons (Fsp3) is 0.468. The van der Waals surface area contributed by atoms with Crippen molar-refractivity contribution in [2.75, 3.05) is 38.5 Å². The molecule has 4 aromatic rings. The molecule has 5 rings (SSSR count). The van der Waals surface area contributed by atoms with Gasteiger partial charge in [-0.3, -0.25) is 38.6 Å². The second-order valence-corrected chi connectivity index (χ2v) is 16.9. The highest BCUT2D eigenvalue weighted by atomic mass is 32.2. The van der Waals surface area contributed by atoms with E-state index in [1.807, 2.05) is 33.0 Å². The Hall–Kier alpha value is -6.90. The second kappa shape index (κ2) is 33.6. The van der Waals surface area contributed by atoms with E-state index in [9.17, 15) is 38.7 Å². The number of para-hydroxylation sites is 1. The Bertz CT molecular complexity index is 2160. The molecule has 0 radical (unpaired) electrons. The first-order chi connectivity index (χ1) is 32.6. The Morgan fingerprint density at radius 3 is 2.12 bits per heavy atom. The summed E-state index contributed by atoms with van der Waals surface area (Å²) in [5.41, 5.74) is 14.4. The maximum atomic E-state index is 13.1. The number of hydrogen-bond donors (Lipinski definition) is 11. The molecule has 0 spiro atoms. The third-order valence-corrected chi connectivity index (χ3v) is 11.2. The van der Waals surface area contributed by atoms with E-state index in [2.05, 4.69) is 77.0 Å². The average Bonchev–Trinajstić information content (AvgIpc) is 3.97. The second-order valence-electron chi connectivity index (χ2n) is 15.7. The van der Waals surface area contributed by atoms with Gasteiger partial charge in [-0.15, -0.1) is 11.8 Å². The number of nitrogens with two attached hydrogens (primary N) is 2. The van der Waals surface area contributed by atoms with Crippen LogP contribution in [0.3, 0.4) is 0 Å². The number of imidazole rings is 1. The molecule has 3 unspecified atom stereocenters. The van der Waals surface area contributed by atoms with E-state index in [1.165, 1.54) is 16.5 Å². The van der Waals surface area contributed by atoms with Crippen molar-refractivity contribution >= 4 is 70.0 Å². The van der Waals surface area contributed by atoms with E-state index in [1.54, 1.807) is 42.9 Å². The zero-order chi connectivity index (χ0) is 50.1. The predicted octanol–water partition coefficient (Wildman–Crippen LogP) is 2.48. The molecule has 0 aliphatic carbocycles. The van der Waals surface area contributed by atoms with Crippen molar-refractivity contribution in [1.82, 2.24) is 46.9 Å². The lowest BCUT2D eigenvalue weighted by Gasteiger charge is -2.21. The largest absolute Gasteiger partial charge is 0.480 e. The number of amides is 6. The van der Waals surface area contributed by atoms with E-state index < -0.39 is 65.9 Å². The van der Waals surface area contributed by atoms with Crippen LogP contribution in [-0.2, 0) is 40.0 Å². The number of carboxylic acids is 1. The summed E-state index contributed by atoms with van der Waals surface area (Å²) in [6, 6.07) is 15.0. The number of H-pyrrole nitrogens is 2. The average molecular weight is 963 g/mol. The first-order valence-corrected chi connectivity index (χ1v) is 23.8. The quantitative estimate of drug-likeness (QED) is 0.0621. The molecule has 1 aliphatic heterocycles. The number of aromatic nitrogens is 3. The third kappa shape index (κ3) is 25.1. The number of nitrogens with zero attached hydrogens (tertiary/aromatic N) is 2. The van der Waals surface area contributed by atoms with Crippen molar-refractivity contribution in [3.63, 3.8) is 0 Å². The topological polar surface area (TPSA) is 321 Å². The first kappa shape index (κ1) is 57.2. The first-order valence-electron chi connectivity index (χ1n) is 22.7. The molecular weight excluding hydrogens is 893 g/mol. The number of thioether (sulfide) groups is 1. The number of benzene rings is 2. The zero-order valence-electron chi connectivity index (χ0n) is 39.5. The molecule has 1 fully saturated rings.